The molecule has 2 N–H and O–H groups in total. The van der Waals surface area contributed by atoms with Crippen molar-refractivity contribution in [3.05, 3.63) is 24.3 Å². The van der Waals surface area contributed by atoms with Gasteiger partial charge in [0.1, 0.15) is 5.75 Å². The van der Waals surface area contributed by atoms with Crippen LogP contribution in [0.5, 0.6) is 5.75 Å². The molecule has 0 aliphatic rings. The van der Waals surface area contributed by atoms with Crippen LogP contribution in [-0.2, 0) is 11.1 Å². The van der Waals surface area contributed by atoms with Crippen LogP contribution in [-0.4, -0.2) is 9.96 Å². The molecule has 0 amide bonds. The third kappa shape index (κ3) is 3.46. The minimum absolute atomic E-state index is 0.560. The summed E-state index contributed by atoms with van der Waals surface area (Å²) in [6, 6.07) is 6.86. The van der Waals surface area contributed by atoms with E-state index in [1.54, 1.807) is 24.3 Å². The fraction of sp³-hybridized carbons (Fsp3) is 0.333. The van der Waals surface area contributed by atoms with Gasteiger partial charge in [-0.25, -0.2) is 4.21 Å². The van der Waals surface area contributed by atoms with Crippen molar-refractivity contribution in [1.29, 1.82) is 0 Å². The predicted molar refractivity (Wildman–Crippen MR) is 54.8 cm³/mol. The Kier molecular flexibility index (Phi) is 3.76. The molecule has 0 fully saturated rings. The Labute approximate surface area is 80.6 Å². The molecule has 0 saturated heterocycles. The summed E-state index contributed by atoms with van der Waals surface area (Å²) in [6.07, 6.45) is 0.849. The highest BCUT2D eigenvalue weighted by Crippen LogP contribution is 2.14. The molecule has 0 saturated carbocycles. The van der Waals surface area contributed by atoms with Crippen molar-refractivity contribution >= 4 is 16.8 Å². The van der Waals surface area contributed by atoms with Gasteiger partial charge in [0.25, 0.3) is 0 Å². The van der Waals surface area contributed by atoms with Gasteiger partial charge in [0.2, 0.25) is 11.1 Å². The van der Waals surface area contributed by atoms with Crippen LogP contribution in [0.3, 0.4) is 0 Å². The summed E-state index contributed by atoms with van der Waals surface area (Å²) < 4.78 is 16.3. The second-order valence-corrected chi connectivity index (χ2v) is 3.84. The Morgan fingerprint density at radius 1 is 1.38 bits per heavy atom. The fourth-order valence-corrected chi connectivity index (χ4v) is 1.58. The van der Waals surface area contributed by atoms with Crippen LogP contribution in [0.1, 0.15) is 13.3 Å². The molecule has 1 unspecified atom stereocenters. The van der Waals surface area contributed by atoms with Crippen LogP contribution in [0.15, 0.2) is 24.3 Å². The van der Waals surface area contributed by atoms with E-state index in [0.29, 0.717) is 17.2 Å². The zero-order chi connectivity index (χ0) is 9.68. The molecule has 0 aromatic heterocycles. The van der Waals surface area contributed by atoms with Gasteiger partial charge in [-0.15, -0.1) is 0 Å². The molecule has 0 aliphatic carbocycles. The van der Waals surface area contributed by atoms with Gasteiger partial charge in [-0.3, -0.25) is 0 Å². The maximum atomic E-state index is 11.2. The van der Waals surface area contributed by atoms with Gasteiger partial charge in [0, 0.05) is 5.69 Å². The lowest BCUT2D eigenvalue weighted by Crippen LogP contribution is -2.04. The Morgan fingerprint density at radius 2 is 2.00 bits per heavy atom. The van der Waals surface area contributed by atoms with Crippen molar-refractivity contribution < 1.29 is 8.39 Å². The summed E-state index contributed by atoms with van der Waals surface area (Å²) in [6.45, 7) is 1.96. The molecule has 0 heterocycles. The number of anilines is 1. The van der Waals surface area contributed by atoms with Crippen LogP contribution >= 0.6 is 0 Å². The standard InChI is InChI=1S/C9H13NO2S/c1-2-7-13(11)12-9-5-3-8(10)4-6-9/h3-6H,2,7,10H2,1H3. The monoisotopic (exact) mass is 199 g/mol. The Hall–Kier alpha value is -1.03. The first-order valence-electron chi connectivity index (χ1n) is 4.14. The van der Waals surface area contributed by atoms with Crippen molar-refractivity contribution in [3.8, 4) is 5.75 Å². The lowest BCUT2D eigenvalue weighted by Gasteiger charge is -2.03. The van der Waals surface area contributed by atoms with Gasteiger partial charge >= 0.3 is 0 Å². The van der Waals surface area contributed by atoms with Gasteiger partial charge < -0.3 is 9.92 Å². The quantitative estimate of drug-likeness (QED) is 0.751. The van der Waals surface area contributed by atoms with E-state index in [4.69, 9.17) is 9.92 Å². The van der Waals surface area contributed by atoms with Gasteiger partial charge in [0.15, 0.2) is 0 Å². The number of hydrogen-bond donors (Lipinski definition) is 1. The van der Waals surface area contributed by atoms with E-state index in [-0.39, 0.29) is 0 Å². The smallest absolute Gasteiger partial charge is 0.206 e. The summed E-state index contributed by atoms with van der Waals surface area (Å²) in [5, 5.41) is 0. The molecule has 13 heavy (non-hydrogen) atoms. The number of rotatable bonds is 4. The minimum Gasteiger partial charge on any atom is -0.401 e. The second-order valence-electron chi connectivity index (χ2n) is 2.66. The molecule has 0 spiro atoms. The van der Waals surface area contributed by atoms with Crippen LogP contribution < -0.4 is 9.92 Å². The number of benzene rings is 1. The second kappa shape index (κ2) is 4.87. The lowest BCUT2D eigenvalue weighted by atomic mass is 10.3. The molecule has 4 heteroatoms. The van der Waals surface area contributed by atoms with Crippen molar-refractivity contribution in [2.24, 2.45) is 0 Å². The summed E-state index contributed by atoms with van der Waals surface area (Å²) in [5.41, 5.74) is 6.16. The van der Waals surface area contributed by atoms with E-state index in [0.717, 1.165) is 6.42 Å². The fourth-order valence-electron chi connectivity index (χ4n) is 0.839. The van der Waals surface area contributed by atoms with Gasteiger partial charge in [0.05, 0.1) is 5.75 Å². The highest BCUT2D eigenvalue weighted by Gasteiger charge is 2.00. The molecule has 1 aromatic rings. The molecule has 0 radical (unpaired) electrons. The van der Waals surface area contributed by atoms with Crippen LogP contribution in [0.25, 0.3) is 0 Å². The number of nitrogens with two attached hydrogens (primary N) is 1. The molecular weight excluding hydrogens is 186 g/mol. The van der Waals surface area contributed by atoms with Crippen molar-refractivity contribution in [1.82, 2.24) is 0 Å². The van der Waals surface area contributed by atoms with E-state index in [9.17, 15) is 4.21 Å². The average Bonchev–Trinajstić information content (AvgIpc) is 2.09. The largest absolute Gasteiger partial charge is 0.401 e. The Balaban J connectivity index is 2.54. The van der Waals surface area contributed by atoms with Crippen LogP contribution in [0.2, 0.25) is 0 Å². The zero-order valence-corrected chi connectivity index (χ0v) is 8.34. The first-order chi connectivity index (χ1) is 6.22. The Morgan fingerprint density at radius 3 is 2.54 bits per heavy atom. The highest BCUT2D eigenvalue weighted by atomic mass is 32.2. The normalized spacial score (nSPS) is 12.4. The maximum absolute atomic E-state index is 11.2. The third-order valence-corrected chi connectivity index (χ3v) is 2.56. The summed E-state index contributed by atoms with van der Waals surface area (Å²) in [5.74, 6) is 1.16. The van der Waals surface area contributed by atoms with Gasteiger partial charge in [-0.1, -0.05) is 6.92 Å². The van der Waals surface area contributed by atoms with Crippen molar-refractivity contribution in [3.63, 3.8) is 0 Å². The lowest BCUT2D eigenvalue weighted by molar-refractivity contribution is 0.561. The first-order valence-corrected chi connectivity index (χ1v) is 5.39. The molecular formula is C9H13NO2S. The molecule has 72 valence electrons. The molecule has 1 rings (SSSR count). The van der Waals surface area contributed by atoms with E-state index >= 15 is 0 Å². The highest BCUT2D eigenvalue weighted by molar-refractivity contribution is 7.80. The van der Waals surface area contributed by atoms with Gasteiger partial charge in [-0.2, -0.15) is 0 Å². The van der Waals surface area contributed by atoms with E-state index < -0.39 is 11.1 Å². The first kappa shape index (κ1) is 10.1. The molecule has 3 nitrogen and oxygen atoms in total. The molecule has 1 aromatic carbocycles. The SMILES string of the molecule is CCCS(=O)Oc1ccc(N)cc1. The zero-order valence-electron chi connectivity index (χ0n) is 7.53. The van der Waals surface area contributed by atoms with Crippen LogP contribution in [0.4, 0.5) is 5.69 Å². The third-order valence-electron chi connectivity index (χ3n) is 1.44. The summed E-state index contributed by atoms with van der Waals surface area (Å²) in [4.78, 5) is 0. The van der Waals surface area contributed by atoms with E-state index in [1.807, 2.05) is 6.92 Å². The maximum Gasteiger partial charge on any atom is 0.206 e. The topological polar surface area (TPSA) is 52.3 Å². The number of hydrogen-bond acceptors (Lipinski definition) is 3. The number of nitrogen functional groups attached to an aromatic ring is 1. The Bertz CT molecular complexity index is 284. The minimum atomic E-state index is -1.22. The van der Waals surface area contributed by atoms with E-state index in [2.05, 4.69) is 0 Å². The van der Waals surface area contributed by atoms with Crippen LogP contribution in [0, 0.1) is 0 Å². The average molecular weight is 199 g/mol. The summed E-state index contributed by atoms with van der Waals surface area (Å²) >= 11 is -1.22. The van der Waals surface area contributed by atoms with Gasteiger partial charge in [-0.05, 0) is 30.7 Å². The van der Waals surface area contributed by atoms with E-state index in [1.165, 1.54) is 0 Å². The molecule has 1 atom stereocenters. The van der Waals surface area contributed by atoms with Crippen molar-refractivity contribution in [2.45, 2.75) is 13.3 Å². The molecule has 0 aliphatic heterocycles. The molecule has 0 bridgehead atoms. The predicted octanol–water partition coefficient (Wildman–Crippen LogP) is 1.72. The van der Waals surface area contributed by atoms with Crippen molar-refractivity contribution in [2.75, 3.05) is 11.5 Å². The summed E-state index contributed by atoms with van der Waals surface area (Å²) in [7, 11) is 0.